The summed E-state index contributed by atoms with van der Waals surface area (Å²) in [5, 5.41) is 3.04. The molecule has 1 aliphatic rings. The SMILES string of the molecule is CCC(C)N1CCN(C(=O)NCc2ccccc2C)CC1. The molecule has 0 saturated carbocycles. The van der Waals surface area contributed by atoms with E-state index in [0.29, 0.717) is 12.6 Å². The molecule has 116 valence electrons. The van der Waals surface area contributed by atoms with E-state index in [1.165, 1.54) is 17.5 Å². The summed E-state index contributed by atoms with van der Waals surface area (Å²) in [6, 6.07) is 8.85. The first-order valence-corrected chi connectivity index (χ1v) is 7.93. The van der Waals surface area contributed by atoms with E-state index in [2.05, 4.69) is 43.1 Å². The van der Waals surface area contributed by atoms with Gasteiger partial charge in [-0.15, -0.1) is 0 Å². The van der Waals surface area contributed by atoms with Crippen molar-refractivity contribution in [2.24, 2.45) is 0 Å². The van der Waals surface area contributed by atoms with Crippen LogP contribution in [0.3, 0.4) is 0 Å². The quantitative estimate of drug-likeness (QED) is 0.925. The number of hydrogen-bond donors (Lipinski definition) is 1. The number of rotatable bonds is 4. The Morgan fingerprint density at radius 2 is 1.90 bits per heavy atom. The number of carbonyl (C=O) groups is 1. The second kappa shape index (κ2) is 7.46. The number of hydrogen-bond acceptors (Lipinski definition) is 2. The maximum Gasteiger partial charge on any atom is 0.317 e. The molecule has 1 unspecified atom stereocenters. The Morgan fingerprint density at radius 1 is 1.24 bits per heavy atom. The highest BCUT2D eigenvalue weighted by molar-refractivity contribution is 5.74. The van der Waals surface area contributed by atoms with Crippen molar-refractivity contribution in [1.29, 1.82) is 0 Å². The molecule has 4 nitrogen and oxygen atoms in total. The predicted octanol–water partition coefficient (Wildman–Crippen LogP) is 2.62. The van der Waals surface area contributed by atoms with Crippen molar-refractivity contribution in [2.75, 3.05) is 26.2 Å². The van der Waals surface area contributed by atoms with Crippen molar-refractivity contribution in [3.8, 4) is 0 Å². The van der Waals surface area contributed by atoms with E-state index in [4.69, 9.17) is 0 Å². The Morgan fingerprint density at radius 3 is 2.52 bits per heavy atom. The van der Waals surface area contributed by atoms with Gasteiger partial charge in [0.25, 0.3) is 0 Å². The third-order valence-electron chi connectivity index (χ3n) is 4.51. The molecule has 1 atom stereocenters. The lowest BCUT2D eigenvalue weighted by atomic mass is 10.1. The highest BCUT2D eigenvalue weighted by atomic mass is 16.2. The summed E-state index contributed by atoms with van der Waals surface area (Å²) < 4.78 is 0. The maximum absolute atomic E-state index is 12.2. The number of piperazine rings is 1. The first kappa shape index (κ1) is 15.8. The van der Waals surface area contributed by atoms with Gasteiger partial charge in [0.05, 0.1) is 0 Å². The normalized spacial score (nSPS) is 17.6. The summed E-state index contributed by atoms with van der Waals surface area (Å²) in [6.45, 7) is 10.8. The zero-order valence-corrected chi connectivity index (χ0v) is 13.4. The number of nitrogens with zero attached hydrogens (tertiary/aromatic N) is 2. The Balaban J connectivity index is 1.79. The van der Waals surface area contributed by atoms with E-state index in [0.717, 1.165) is 26.2 Å². The van der Waals surface area contributed by atoms with Crippen molar-refractivity contribution in [3.05, 3.63) is 35.4 Å². The standard InChI is InChI=1S/C17H27N3O/c1-4-15(3)19-9-11-20(12-10-19)17(21)18-13-16-8-6-5-7-14(16)2/h5-8,15H,4,9-13H2,1-3H3,(H,18,21). The van der Waals surface area contributed by atoms with Crippen molar-refractivity contribution < 1.29 is 4.79 Å². The average molecular weight is 289 g/mol. The predicted molar refractivity (Wildman–Crippen MR) is 86.3 cm³/mol. The monoisotopic (exact) mass is 289 g/mol. The molecule has 1 heterocycles. The summed E-state index contributed by atoms with van der Waals surface area (Å²) in [5.74, 6) is 0. The number of amides is 2. The second-order valence-electron chi connectivity index (χ2n) is 5.87. The van der Waals surface area contributed by atoms with Crippen LogP contribution in [-0.2, 0) is 6.54 Å². The van der Waals surface area contributed by atoms with Crippen LogP contribution in [0.4, 0.5) is 4.79 Å². The van der Waals surface area contributed by atoms with Crippen LogP contribution in [0.25, 0.3) is 0 Å². The van der Waals surface area contributed by atoms with Gasteiger partial charge in [0.2, 0.25) is 0 Å². The van der Waals surface area contributed by atoms with Crippen molar-refractivity contribution >= 4 is 6.03 Å². The van der Waals surface area contributed by atoms with Crippen molar-refractivity contribution in [2.45, 2.75) is 39.8 Å². The molecule has 0 radical (unpaired) electrons. The Hall–Kier alpha value is -1.55. The van der Waals surface area contributed by atoms with E-state index in [1.807, 2.05) is 17.0 Å². The van der Waals surface area contributed by atoms with E-state index in [1.54, 1.807) is 0 Å². The molecule has 1 aromatic carbocycles. The highest BCUT2D eigenvalue weighted by Crippen LogP contribution is 2.10. The minimum atomic E-state index is 0.0575. The molecule has 2 rings (SSSR count). The summed E-state index contributed by atoms with van der Waals surface area (Å²) in [5.41, 5.74) is 2.41. The number of nitrogens with one attached hydrogen (secondary N) is 1. The van der Waals surface area contributed by atoms with Crippen molar-refractivity contribution in [3.63, 3.8) is 0 Å². The third kappa shape index (κ3) is 4.21. The lowest BCUT2D eigenvalue weighted by Crippen LogP contribution is -2.53. The zero-order valence-electron chi connectivity index (χ0n) is 13.4. The van der Waals surface area contributed by atoms with Crippen LogP contribution in [0.15, 0.2) is 24.3 Å². The Labute approximate surface area is 128 Å². The van der Waals surface area contributed by atoms with Crippen molar-refractivity contribution in [1.82, 2.24) is 15.1 Å². The summed E-state index contributed by atoms with van der Waals surface area (Å²) in [7, 11) is 0. The fourth-order valence-electron chi connectivity index (χ4n) is 2.72. The highest BCUT2D eigenvalue weighted by Gasteiger charge is 2.23. The van der Waals surface area contributed by atoms with Gasteiger partial charge in [-0.05, 0) is 31.4 Å². The molecule has 4 heteroatoms. The molecule has 1 aromatic rings. The Bertz CT molecular complexity index is 467. The zero-order chi connectivity index (χ0) is 15.2. The number of urea groups is 1. The molecule has 1 N–H and O–H groups in total. The molecule has 1 saturated heterocycles. The summed E-state index contributed by atoms with van der Waals surface area (Å²) in [6.07, 6.45) is 1.17. The second-order valence-corrected chi connectivity index (χ2v) is 5.87. The molecule has 0 aromatic heterocycles. The molecule has 0 bridgehead atoms. The number of aryl methyl sites for hydroxylation is 1. The average Bonchev–Trinajstić information content (AvgIpc) is 2.53. The topological polar surface area (TPSA) is 35.6 Å². The Kier molecular flexibility index (Phi) is 5.62. The van der Waals surface area contributed by atoms with Gasteiger partial charge in [-0.1, -0.05) is 31.2 Å². The lowest BCUT2D eigenvalue weighted by molar-refractivity contribution is 0.112. The fraction of sp³-hybridized carbons (Fsp3) is 0.588. The minimum Gasteiger partial charge on any atom is -0.334 e. The van der Waals surface area contributed by atoms with Gasteiger partial charge in [0.1, 0.15) is 0 Å². The fourth-order valence-corrected chi connectivity index (χ4v) is 2.72. The van der Waals surface area contributed by atoms with Crippen LogP contribution < -0.4 is 5.32 Å². The molecular formula is C17H27N3O. The van der Waals surface area contributed by atoms with Gasteiger partial charge in [0.15, 0.2) is 0 Å². The van der Waals surface area contributed by atoms with Gasteiger partial charge in [-0.3, -0.25) is 4.90 Å². The van der Waals surface area contributed by atoms with Gasteiger partial charge >= 0.3 is 6.03 Å². The van der Waals surface area contributed by atoms with Crippen LogP contribution in [-0.4, -0.2) is 48.1 Å². The van der Waals surface area contributed by atoms with Crippen LogP contribution in [0.1, 0.15) is 31.4 Å². The summed E-state index contributed by atoms with van der Waals surface area (Å²) >= 11 is 0. The van der Waals surface area contributed by atoms with E-state index < -0.39 is 0 Å². The molecule has 2 amide bonds. The largest absolute Gasteiger partial charge is 0.334 e. The van der Waals surface area contributed by atoms with E-state index in [9.17, 15) is 4.79 Å². The first-order valence-electron chi connectivity index (χ1n) is 7.93. The first-order chi connectivity index (χ1) is 10.1. The molecular weight excluding hydrogens is 262 g/mol. The van der Waals surface area contributed by atoms with Crippen LogP contribution in [0, 0.1) is 6.92 Å². The van der Waals surface area contributed by atoms with E-state index in [-0.39, 0.29) is 6.03 Å². The number of benzene rings is 1. The molecule has 0 spiro atoms. The van der Waals surface area contributed by atoms with Gasteiger partial charge in [-0.25, -0.2) is 4.79 Å². The van der Waals surface area contributed by atoms with Gasteiger partial charge in [-0.2, -0.15) is 0 Å². The molecule has 21 heavy (non-hydrogen) atoms. The van der Waals surface area contributed by atoms with Crippen LogP contribution >= 0.6 is 0 Å². The number of carbonyl (C=O) groups excluding carboxylic acids is 1. The van der Waals surface area contributed by atoms with E-state index >= 15 is 0 Å². The van der Waals surface area contributed by atoms with Crippen LogP contribution in [0.2, 0.25) is 0 Å². The molecule has 1 fully saturated rings. The molecule has 1 aliphatic heterocycles. The lowest BCUT2D eigenvalue weighted by Gasteiger charge is -2.37. The van der Waals surface area contributed by atoms with Gasteiger partial charge in [0, 0.05) is 38.8 Å². The van der Waals surface area contributed by atoms with Crippen LogP contribution in [0.5, 0.6) is 0 Å². The molecule has 0 aliphatic carbocycles. The summed E-state index contributed by atoms with van der Waals surface area (Å²) in [4.78, 5) is 16.6. The maximum atomic E-state index is 12.2. The smallest absolute Gasteiger partial charge is 0.317 e. The third-order valence-corrected chi connectivity index (χ3v) is 4.51. The van der Waals surface area contributed by atoms with Gasteiger partial charge < -0.3 is 10.2 Å². The minimum absolute atomic E-state index is 0.0575.